The van der Waals surface area contributed by atoms with Gasteiger partial charge in [-0.05, 0) is 31.4 Å². The minimum Gasteiger partial charge on any atom is -0.330 e. The molecule has 0 radical (unpaired) electrons. The average Bonchev–Trinajstić information content (AvgIpc) is 2.77. The van der Waals surface area contributed by atoms with Crippen LogP contribution >= 0.6 is 12.4 Å². The zero-order valence-electron chi connectivity index (χ0n) is 11.1. The maximum Gasteiger partial charge on any atom is 0.218 e. The van der Waals surface area contributed by atoms with E-state index >= 15 is 0 Å². The van der Waals surface area contributed by atoms with Crippen LogP contribution in [0.4, 0.5) is 0 Å². The summed E-state index contributed by atoms with van der Waals surface area (Å²) in [5, 5.41) is 0. The fraction of sp³-hybridized carbons (Fsp3) is 0.538. The predicted octanol–water partition coefficient (Wildman–Crippen LogP) is 1.53. The molecule has 108 valence electrons. The van der Waals surface area contributed by atoms with Gasteiger partial charge >= 0.3 is 0 Å². The summed E-state index contributed by atoms with van der Waals surface area (Å²) in [6, 6.07) is 7.65. The van der Waals surface area contributed by atoms with Crippen molar-refractivity contribution in [2.45, 2.75) is 19.1 Å². The molecule has 0 spiro atoms. The molecule has 0 saturated carbocycles. The quantitative estimate of drug-likeness (QED) is 0.917. The summed E-state index contributed by atoms with van der Waals surface area (Å²) in [5.41, 5.74) is 7.53. The molecule has 19 heavy (non-hydrogen) atoms. The first-order valence-corrected chi connectivity index (χ1v) is 7.85. The summed E-state index contributed by atoms with van der Waals surface area (Å²) in [6.45, 7) is 3.72. The van der Waals surface area contributed by atoms with Gasteiger partial charge in [0, 0.05) is 13.1 Å². The molecule has 1 aromatic carbocycles. The van der Waals surface area contributed by atoms with Crippen molar-refractivity contribution in [3.8, 4) is 0 Å². The lowest BCUT2D eigenvalue weighted by Gasteiger charge is -2.16. The Labute approximate surface area is 121 Å². The number of hydrogen-bond donors (Lipinski definition) is 1. The van der Waals surface area contributed by atoms with Gasteiger partial charge in [0.15, 0.2) is 0 Å². The SMILES string of the molecule is Cc1cccc(CS(=O)(=O)N2CCC(CN)C2)c1.Cl. The molecule has 1 heterocycles. The smallest absolute Gasteiger partial charge is 0.218 e. The Hall–Kier alpha value is -0.620. The third-order valence-corrected chi connectivity index (χ3v) is 5.22. The highest BCUT2D eigenvalue weighted by Crippen LogP contribution is 2.21. The van der Waals surface area contributed by atoms with Gasteiger partial charge in [-0.2, -0.15) is 0 Å². The largest absolute Gasteiger partial charge is 0.330 e. The first kappa shape index (κ1) is 16.4. The first-order chi connectivity index (χ1) is 8.51. The van der Waals surface area contributed by atoms with Gasteiger partial charge < -0.3 is 5.73 Å². The molecule has 1 aliphatic rings. The van der Waals surface area contributed by atoms with E-state index in [4.69, 9.17) is 5.73 Å². The molecule has 0 amide bonds. The molecular formula is C13H21ClN2O2S. The average molecular weight is 305 g/mol. The van der Waals surface area contributed by atoms with Crippen LogP contribution in [0, 0.1) is 12.8 Å². The molecule has 0 aromatic heterocycles. The number of sulfonamides is 1. The van der Waals surface area contributed by atoms with Gasteiger partial charge in [0.2, 0.25) is 10.0 Å². The fourth-order valence-electron chi connectivity index (χ4n) is 2.35. The summed E-state index contributed by atoms with van der Waals surface area (Å²) in [5.74, 6) is 0.406. The van der Waals surface area contributed by atoms with E-state index in [0.29, 0.717) is 25.6 Å². The highest BCUT2D eigenvalue weighted by molar-refractivity contribution is 7.88. The van der Waals surface area contributed by atoms with Gasteiger partial charge in [-0.25, -0.2) is 12.7 Å². The second-order valence-corrected chi connectivity index (χ2v) is 6.96. The van der Waals surface area contributed by atoms with Gasteiger partial charge in [0.25, 0.3) is 0 Å². The van der Waals surface area contributed by atoms with Crippen molar-refractivity contribution in [1.82, 2.24) is 4.31 Å². The Morgan fingerprint density at radius 3 is 2.74 bits per heavy atom. The van der Waals surface area contributed by atoms with Crippen molar-refractivity contribution in [3.05, 3.63) is 35.4 Å². The molecular weight excluding hydrogens is 284 g/mol. The van der Waals surface area contributed by atoms with E-state index in [2.05, 4.69) is 0 Å². The molecule has 2 N–H and O–H groups in total. The van der Waals surface area contributed by atoms with Gasteiger partial charge in [-0.1, -0.05) is 29.8 Å². The second-order valence-electron chi connectivity index (χ2n) is 4.99. The van der Waals surface area contributed by atoms with Crippen LogP contribution in [0.3, 0.4) is 0 Å². The summed E-state index contributed by atoms with van der Waals surface area (Å²) in [4.78, 5) is 0. The van der Waals surface area contributed by atoms with Crippen LogP contribution in [0.1, 0.15) is 17.5 Å². The molecule has 1 aliphatic heterocycles. The van der Waals surface area contributed by atoms with Gasteiger partial charge in [-0.3, -0.25) is 0 Å². The molecule has 1 saturated heterocycles. The number of rotatable bonds is 4. The van der Waals surface area contributed by atoms with Crippen molar-refractivity contribution in [2.24, 2.45) is 11.7 Å². The van der Waals surface area contributed by atoms with Crippen molar-refractivity contribution in [2.75, 3.05) is 19.6 Å². The van der Waals surface area contributed by atoms with E-state index in [-0.39, 0.29) is 18.2 Å². The highest BCUT2D eigenvalue weighted by Gasteiger charge is 2.30. The van der Waals surface area contributed by atoms with Crippen LogP contribution in [-0.4, -0.2) is 32.4 Å². The van der Waals surface area contributed by atoms with Crippen LogP contribution in [0.15, 0.2) is 24.3 Å². The summed E-state index contributed by atoms with van der Waals surface area (Å²) in [6.07, 6.45) is 0.879. The van der Waals surface area contributed by atoms with Crippen molar-refractivity contribution in [3.63, 3.8) is 0 Å². The summed E-state index contributed by atoms with van der Waals surface area (Å²) < 4.78 is 26.1. The lowest BCUT2D eigenvalue weighted by atomic mass is 10.1. The Morgan fingerprint density at radius 2 is 2.16 bits per heavy atom. The second kappa shape index (κ2) is 6.70. The maximum absolute atomic E-state index is 12.3. The highest BCUT2D eigenvalue weighted by atomic mass is 35.5. The predicted molar refractivity (Wildman–Crippen MR) is 79.8 cm³/mol. The lowest BCUT2D eigenvalue weighted by molar-refractivity contribution is 0.458. The number of halogens is 1. The molecule has 1 atom stereocenters. The zero-order chi connectivity index (χ0) is 13.2. The first-order valence-electron chi connectivity index (χ1n) is 6.24. The number of nitrogens with two attached hydrogens (primary N) is 1. The number of benzene rings is 1. The van der Waals surface area contributed by atoms with E-state index in [0.717, 1.165) is 17.5 Å². The van der Waals surface area contributed by atoms with E-state index in [1.54, 1.807) is 4.31 Å². The summed E-state index contributed by atoms with van der Waals surface area (Å²) in [7, 11) is -3.20. The van der Waals surface area contributed by atoms with Crippen molar-refractivity contribution < 1.29 is 8.42 Å². The molecule has 2 rings (SSSR count). The van der Waals surface area contributed by atoms with Gasteiger partial charge in [0.05, 0.1) is 5.75 Å². The Kier molecular flexibility index (Phi) is 5.80. The topological polar surface area (TPSA) is 63.4 Å². The van der Waals surface area contributed by atoms with Crippen molar-refractivity contribution in [1.29, 1.82) is 0 Å². The molecule has 6 heteroatoms. The van der Waals surface area contributed by atoms with Crippen LogP contribution in [0.5, 0.6) is 0 Å². The summed E-state index contributed by atoms with van der Waals surface area (Å²) >= 11 is 0. The van der Waals surface area contributed by atoms with E-state index < -0.39 is 10.0 Å². The number of nitrogens with zero attached hydrogens (tertiary/aromatic N) is 1. The Bertz CT molecular complexity index is 519. The molecule has 1 unspecified atom stereocenters. The van der Waals surface area contributed by atoms with Gasteiger partial charge in [0.1, 0.15) is 0 Å². The van der Waals surface area contributed by atoms with E-state index in [9.17, 15) is 8.42 Å². The molecule has 0 bridgehead atoms. The molecule has 1 aromatic rings. The van der Waals surface area contributed by atoms with E-state index in [1.165, 1.54) is 0 Å². The normalized spacial score (nSPS) is 20.2. The monoisotopic (exact) mass is 304 g/mol. The van der Waals surface area contributed by atoms with Crippen LogP contribution in [-0.2, 0) is 15.8 Å². The minimum atomic E-state index is -3.20. The Morgan fingerprint density at radius 1 is 1.42 bits per heavy atom. The van der Waals surface area contributed by atoms with E-state index in [1.807, 2.05) is 31.2 Å². The van der Waals surface area contributed by atoms with Crippen LogP contribution in [0.2, 0.25) is 0 Å². The standard InChI is InChI=1S/C13H20N2O2S.ClH/c1-11-3-2-4-12(7-11)10-18(16,17)15-6-5-13(8-14)9-15;/h2-4,7,13H,5-6,8-10,14H2,1H3;1H. The fourth-order valence-corrected chi connectivity index (χ4v) is 3.95. The number of hydrogen-bond acceptors (Lipinski definition) is 3. The molecule has 1 fully saturated rings. The van der Waals surface area contributed by atoms with Crippen LogP contribution in [0.25, 0.3) is 0 Å². The lowest BCUT2D eigenvalue weighted by Crippen LogP contribution is -2.31. The van der Waals surface area contributed by atoms with Crippen LogP contribution < -0.4 is 5.73 Å². The zero-order valence-corrected chi connectivity index (χ0v) is 12.7. The molecule has 0 aliphatic carbocycles. The maximum atomic E-state index is 12.3. The minimum absolute atomic E-state index is 0. The Balaban J connectivity index is 0.00000180. The van der Waals surface area contributed by atoms with Crippen molar-refractivity contribution >= 4 is 22.4 Å². The molecule has 4 nitrogen and oxygen atoms in total. The van der Waals surface area contributed by atoms with Gasteiger partial charge in [-0.15, -0.1) is 12.4 Å². The third-order valence-electron chi connectivity index (χ3n) is 3.41. The third kappa shape index (κ3) is 4.18. The number of aryl methyl sites for hydroxylation is 1.